The zero-order valence-corrected chi connectivity index (χ0v) is 14.8. The molecule has 4 heteroatoms. The molecule has 0 bridgehead atoms. The van der Waals surface area contributed by atoms with Gasteiger partial charge in [-0.05, 0) is 57.2 Å². The van der Waals surface area contributed by atoms with Crippen molar-refractivity contribution in [1.82, 2.24) is 0 Å². The Kier molecular flexibility index (Phi) is 4.99. The largest absolute Gasteiger partial charge is 0.488 e. The zero-order valence-electron chi connectivity index (χ0n) is 14.8. The summed E-state index contributed by atoms with van der Waals surface area (Å²) < 4.78 is 11.2. The lowest BCUT2D eigenvalue weighted by atomic mass is 10.0. The van der Waals surface area contributed by atoms with Crippen molar-refractivity contribution in [2.75, 3.05) is 0 Å². The molecule has 0 atom stereocenters. The van der Waals surface area contributed by atoms with Gasteiger partial charge >= 0.3 is 0 Å². The van der Waals surface area contributed by atoms with Crippen LogP contribution < -0.4 is 9.47 Å². The van der Waals surface area contributed by atoms with Crippen LogP contribution in [0.2, 0.25) is 0 Å². The lowest BCUT2D eigenvalue weighted by Crippen LogP contribution is -2.28. The first kappa shape index (κ1) is 18.0. The van der Waals surface area contributed by atoms with E-state index in [9.17, 15) is 9.90 Å². The van der Waals surface area contributed by atoms with Crippen LogP contribution in [-0.2, 0) is 0 Å². The molecule has 0 heterocycles. The number of benzene rings is 2. The Morgan fingerprint density at radius 3 is 2.00 bits per heavy atom. The van der Waals surface area contributed by atoms with Gasteiger partial charge in [0.2, 0.25) is 5.79 Å². The molecule has 128 valence electrons. The molecule has 0 saturated heterocycles. The van der Waals surface area contributed by atoms with Crippen molar-refractivity contribution in [3.8, 4) is 11.5 Å². The van der Waals surface area contributed by atoms with Crippen LogP contribution in [0.4, 0.5) is 0 Å². The van der Waals surface area contributed by atoms with E-state index in [2.05, 4.69) is 0 Å². The van der Waals surface area contributed by atoms with Gasteiger partial charge in [0.05, 0.1) is 5.56 Å². The molecule has 1 N–H and O–H groups in total. The quantitative estimate of drug-likeness (QED) is 0.660. The molecule has 2 aromatic carbocycles. The number of hydrogen-bond acceptors (Lipinski definition) is 4. The molecular formula is C20H24O4. The number of carbonyl (C=O) groups is 1. The third-order valence-electron chi connectivity index (χ3n) is 3.03. The molecule has 0 saturated carbocycles. The zero-order chi connectivity index (χ0) is 18.0. The number of hydrogen-bond donors (Lipinski definition) is 1. The molecule has 0 spiro atoms. The van der Waals surface area contributed by atoms with E-state index in [1.807, 2.05) is 20.8 Å². The minimum Gasteiger partial charge on any atom is -0.488 e. The van der Waals surface area contributed by atoms with E-state index < -0.39 is 5.79 Å². The van der Waals surface area contributed by atoms with Crippen LogP contribution >= 0.6 is 0 Å². The molecule has 0 radical (unpaired) electrons. The minimum absolute atomic E-state index is 0.169. The highest BCUT2D eigenvalue weighted by molar-refractivity contribution is 6.10. The first-order valence-corrected chi connectivity index (χ1v) is 7.89. The second-order valence-corrected chi connectivity index (χ2v) is 7.11. The van der Waals surface area contributed by atoms with Crippen molar-refractivity contribution >= 4 is 5.78 Å². The second-order valence-electron chi connectivity index (χ2n) is 7.11. The number of carbonyl (C=O) groups excluding carboxylic acids is 1. The fourth-order valence-corrected chi connectivity index (χ4v) is 2.20. The average molecular weight is 328 g/mol. The highest BCUT2D eigenvalue weighted by atomic mass is 16.6. The fourth-order valence-electron chi connectivity index (χ4n) is 2.20. The molecular weight excluding hydrogens is 304 g/mol. The van der Waals surface area contributed by atoms with Gasteiger partial charge in [-0.15, -0.1) is 0 Å². The van der Waals surface area contributed by atoms with Gasteiger partial charge in [0.15, 0.2) is 5.78 Å². The van der Waals surface area contributed by atoms with Crippen LogP contribution in [0.5, 0.6) is 11.5 Å². The van der Waals surface area contributed by atoms with Gasteiger partial charge in [-0.25, -0.2) is 0 Å². The maximum atomic E-state index is 12.7. The van der Waals surface area contributed by atoms with E-state index in [1.165, 1.54) is 13.8 Å². The monoisotopic (exact) mass is 328 g/mol. The number of ketones is 1. The summed E-state index contributed by atoms with van der Waals surface area (Å²) in [4.78, 5) is 12.7. The topological polar surface area (TPSA) is 55.8 Å². The predicted octanol–water partition coefficient (Wildman–Crippen LogP) is 4.20. The van der Waals surface area contributed by atoms with Crippen LogP contribution in [0, 0.1) is 0 Å². The van der Waals surface area contributed by atoms with Gasteiger partial charge in [-0.2, -0.15) is 0 Å². The Labute approximate surface area is 143 Å². The SMILES string of the molecule is CC(C)(C)Oc1ccc(C(=O)c2ccccc2OC(C)(C)O)cc1. The molecule has 0 aromatic heterocycles. The Bertz CT molecular complexity index is 704. The fraction of sp³-hybridized carbons (Fsp3) is 0.350. The predicted molar refractivity (Wildman–Crippen MR) is 93.6 cm³/mol. The van der Waals surface area contributed by atoms with Crippen molar-refractivity contribution < 1.29 is 19.4 Å². The van der Waals surface area contributed by atoms with Crippen molar-refractivity contribution in [2.24, 2.45) is 0 Å². The summed E-state index contributed by atoms with van der Waals surface area (Å²) in [5.74, 6) is -0.469. The third-order valence-corrected chi connectivity index (χ3v) is 3.03. The van der Waals surface area contributed by atoms with Crippen molar-refractivity contribution in [3.05, 3.63) is 59.7 Å². The summed E-state index contributed by atoms with van der Waals surface area (Å²) in [6, 6.07) is 13.9. The molecule has 0 amide bonds. The minimum atomic E-state index is -1.36. The number of aliphatic hydroxyl groups is 1. The lowest BCUT2D eigenvalue weighted by Gasteiger charge is -2.22. The smallest absolute Gasteiger partial charge is 0.202 e. The number of para-hydroxylation sites is 1. The molecule has 24 heavy (non-hydrogen) atoms. The summed E-state index contributed by atoms with van der Waals surface area (Å²) in [7, 11) is 0. The average Bonchev–Trinajstić information content (AvgIpc) is 2.44. The third kappa shape index (κ3) is 5.10. The second kappa shape index (κ2) is 6.65. The van der Waals surface area contributed by atoms with Gasteiger partial charge in [0, 0.05) is 19.4 Å². The maximum absolute atomic E-state index is 12.7. The van der Waals surface area contributed by atoms with E-state index in [1.54, 1.807) is 48.5 Å². The van der Waals surface area contributed by atoms with Crippen LogP contribution in [-0.4, -0.2) is 22.3 Å². The van der Waals surface area contributed by atoms with E-state index in [0.29, 0.717) is 22.6 Å². The van der Waals surface area contributed by atoms with E-state index in [0.717, 1.165) is 0 Å². The van der Waals surface area contributed by atoms with Gasteiger partial charge < -0.3 is 14.6 Å². The normalized spacial score (nSPS) is 11.9. The summed E-state index contributed by atoms with van der Waals surface area (Å²) in [6.45, 7) is 8.95. The first-order valence-electron chi connectivity index (χ1n) is 7.89. The summed E-state index contributed by atoms with van der Waals surface area (Å²) in [6.07, 6.45) is 0. The van der Waals surface area contributed by atoms with Crippen molar-refractivity contribution in [3.63, 3.8) is 0 Å². The summed E-state index contributed by atoms with van der Waals surface area (Å²) >= 11 is 0. The summed E-state index contributed by atoms with van der Waals surface area (Å²) in [5.41, 5.74) is 0.644. The van der Waals surface area contributed by atoms with E-state index in [-0.39, 0.29) is 11.4 Å². The molecule has 2 aromatic rings. The molecule has 0 aliphatic carbocycles. The highest BCUT2D eigenvalue weighted by Gasteiger charge is 2.20. The molecule has 0 unspecified atom stereocenters. The van der Waals surface area contributed by atoms with Crippen LogP contribution in [0.15, 0.2) is 48.5 Å². The number of rotatable bonds is 5. The summed E-state index contributed by atoms with van der Waals surface area (Å²) in [5, 5.41) is 9.84. The Balaban J connectivity index is 2.26. The van der Waals surface area contributed by atoms with Gasteiger partial charge in [-0.3, -0.25) is 4.79 Å². The van der Waals surface area contributed by atoms with Gasteiger partial charge in [0.25, 0.3) is 0 Å². The van der Waals surface area contributed by atoms with Crippen molar-refractivity contribution in [2.45, 2.75) is 46.0 Å². The van der Waals surface area contributed by atoms with Crippen LogP contribution in [0.3, 0.4) is 0 Å². The van der Waals surface area contributed by atoms with Gasteiger partial charge in [0.1, 0.15) is 17.1 Å². The highest BCUT2D eigenvalue weighted by Crippen LogP contribution is 2.26. The lowest BCUT2D eigenvalue weighted by molar-refractivity contribution is -0.104. The molecule has 4 nitrogen and oxygen atoms in total. The Morgan fingerprint density at radius 2 is 1.46 bits per heavy atom. The van der Waals surface area contributed by atoms with Crippen LogP contribution in [0.25, 0.3) is 0 Å². The first-order chi connectivity index (χ1) is 11.1. The van der Waals surface area contributed by atoms with E-state index >= 15 is 0 Å². The standard InChI is InChI=1S/C20H24O4/c1-19(2,3)23-15-12-10-14(11-13-15)18(21)16-8-6-7-9-17(16)24-20(4,5)22/h6-13,22H,1-5H3. The molecule has 0 aliphatic heterocycles. The molecule has 0 fully saturated rings. The molecule has 2 rings (SSSR count). The van der Waals surface area contributed by atoms with Crippen LogP contribution in [0.1, 0.15) is 50.5 Å². The Hall–Kier alpha value is -2.33. The van der Waals surface area contributed by atoms with Crippen molar-refractivity contribution in [1.29, 1.82) is 0 Å². The Morgan fingerprint density at radius 1 is 0.875 bits per heavy atom. The maximum Gasteiger partial charge on any atom is 0.202 e. The van der Waals surface area contributed by atoms with Gasteiger partial charge in [-0.1, -0.05) is 12.1 Å². The van der Waals surface area contributed by atoms with E-state index in [4.69, 9.17) is 9.47 Å². The molecule has 0 aliphatic rings. The number of ether oxygens (including phenoxy) is 2.